The molecule has 0 bridgehead atoms. The van der Waals surface area contributed by atoms with Crippen molar-refractivity contribution in [3.63, 3.8) is 0 Å². The van der Waals surface area contributed by atoms with Gasteiger partial charge in [0.25, 0.3) is 0 Å². The van der Waals surface area contributed by atoms with E-state index in [-0.39, 0.29) is 11.6 Å². The zero-order valence-electron chi connectivity index (χ0n) is 11.7. The molecule has 2 nitrogen and oxygen atoms in total. The summed E-state index contributed by atoms with van der Waals surface area (Å²) in [6.45, 7) is 4.29. The summed E-state index contributed by atoms with van der Waals surface area (Å²) in [6.07, 6.45) is 0.953. The fraction of sp³-hybridized carbons (Fsp3) is 0.294. The maximum atomic E-state index is 6.08. The number of para-hydroxylation sites is 2. The summed E-state index contributed by atoms with van der Waals surface area (Å²) in [6, 6.07) is 17.0. The van der Waals surface area contributed by atoms with Crippen molar-refractivity contribution in [2.45, 2.75) is 31.9 Å². The van der Waals surface area contributed by atoms with Gasteiger partial charge in [-0.05, 0) is 54.6 Å². The smallest absolute Gasteiger partial charge is 0.125 e. The summed E-state index contributed by atoms with van der Waals surface area (Å²) in [4.78, 5) is 0. The van der Waals surface area contributed by atoms with E-state index in [0.29, 0.717) is 0 Å². The van der Waals surface area contributed by atoms with Crippen molar-refractivity contribution in [2.24, 2.45) is 0 Å². The molecule has 3 heteroatoms. The Balaban J connectivity index is 1.95. The molecular weight excluding hydrogens is 361 g/mol. The van der Waals surface area contributed by atoms with E-state index in [1.165, 1.54) is 14.8 Å². The predicted molar refractivity (Wildman–Crippen MR) is 91.3 cm³/mol. The highest BCUT2D eigenvalue weighted by Crippen LogP contribution is 2.41. The summed E-state index contributed by atoms with van der Waals surface area (Å²) in [5.74, 6) is 0.993. The second kappa shape index (κ2) is 5.28. The number of anilines is 1. The van der Waals surface area contributed by atoms with Gasteiger partial charge in [0.15, 0.2) is 0 Å². The van der Waals surface area contributed by atoms with Gasteiger partial charge in [-0.15, -0.1) is 0 Å². The summed E-state index contributed by atoms with van der Waals surface area (Å²) in [7, 11) is 0. The van der Waals surface area contributed by atoms with Crippen molar-refractivity contribution in [3.8, 4) is 5.75 Å². The van der Waals surface area contributed by atoms with Gasteiger partial charge in [0, 0.05) is 21.2 Å². The van der Waals surface area contributed by atoms with Crippen LogP contribution < -0.4 is 10.1 Å². The van der Waals surface area contributed by atoms with Crippen LogP contribution in [0.5, 0.6) is 5.75 Å². The van der Waals surface area contributed by atoms with Gasteiger partial charge in [0.2, 0.25) is 0 Å². The molecule has 1 atom stereocenters. The van der Waals surface area contributed by atoms with Crippen LogP contribution in [0.15, 0.2) is 48.5 Å². The van der Waals surface area contributed by atoms with E-state index in [2.05, 4.69) is 84.2 Å². The molecule has 1 unspecified atom stereocenters. The molecule has 2 aromatic carbocycles. The average molecular weight is 379 g/mol. The maximum Gasteiger partial charge on any atom is 0.125 e. The zero-order valence-corrected chi connectivity index (χ0v) is 13.8. The van der Waals surface area contributed by atoms with Crippen molar-refractivity contribution in [2.75, 3.05) is 5.32 Å². The predicted octanol–water partition coefficient (Wildman–Crippen LogP) is 5.01. The monoisotopic (exact) mass is 379 g/mol. The van der Waals surface area contributed by atoms with Gasteiger partial charge in [-0.1, -0.05) is 30.3 Å². The van der Waals surface area contributed by atoms with Crippen molar-refractivity contribution >= 4 is 28.3 Å². The molecule has 2 aromatic rings. The Morgan fingerprint density at radius 1 is 1.10 bits per heavy atom. The molecule has 0 aliphatic carbocycles. The maximum absolute atomic E-state index is 6.08. The third kappa shape index (κ3) is 2.77. The summed E-state index contributed by atoms with van der Waals surface area (Å²) in [5, 5.41) is 3.67. The first-order chi connectivity index (χ1) is 9.55. The van der Waals surface area contributed by atoms with Crippen molar-refractivity contribution in [1.29, 1.82) is 0 Å². The number of nitrogens with one attached hydrogen (secondary N) is 1. The van der Waals surface area contributed by atoms with E-state index in [1.54, 1.807) is 0 Å². The van der Waals surface area contributed by atoms with E-state index in [4.69, 9.17) is 4.74 Å². The van der Waals surface area contributed by atoms with E-state index >= 15 is 0 Å². The molecular formula is C17H18INO. The molecule has 0 fully saturated rings. The zero-order chi connectivity index (χ0) is 14.2. The minimum Gasteiger partial charge on any atom is -0.487 e. The van der Waals surface area contributed by atoms with E-state index in [9.17, 15) is 0 Å². The van der Waals surface area contributed by atoms with Gasteiger partial charge in [0.05, 0.1) is 6.04 Å². The molecule has 1 aliphatic heterocycles. The standard InChI is InChI=1S/C17H18INO/c1-17(2)11-15(12-7-3-6-10-16(12)20-17)19-14-9-5-4-8-13(14)18/h3-10,15,19H,11H2,1-2H3. The summed E-state index contributed by atoms with van der Waals surface area (Å²) >= 11 is 2.37. The molecule has 0 amide bonds. The van der Waals surface area contributed by atoms with Crippen LogP contribution in [0, 0.1) is 3.57 Å². The van der Waals surface area contributed by atoms with Gasteiger partial charge >= 0.3 is 0 Å². The third-order valence-electron chi connectivity index (χ3n) is 3.58. The Morgan fingerprint density at radius 3 is 2.60 bits per heavy atom. The lowest BCUT2D eigenvalue weighted by molar-refractivity contribution is 0.0759. The normalized spacial score (nSPS) is 19.9. The minimum atomic E-state index is -0.147. The molecule has 1 heterocycles. The Hall–Kier alpha value is -1.23. The van der Waals surface area contributed by atoms with Gasteiger partial charge in [-0.25, -0.2) is 0 Å². The van der Waals surface area contributed by atoms with Gasteiger partial charge < -0.3 is 10.1 Å². The molecule has 1 aliphatic rings. The average Bonchev–Trinajstić information content (AvgIpc) is 2.40. The minimum absolute atomic E-state index is 0.147. The molecule has 0 aromatic heterocycles. The topological polar surface area (TPSA) is 21.3 Å². The number of fused-ring (bicyclic) bond motifs is 1. The molecule has 1 N–H and O–H groups in total. The highest BCUT2D eigenvalue weighted by atomic mass is 127. The summed E-state index contributed by atoms with van der Waals surface area (Å²) in [5.41, 5.74) is 2.28. The van der Waals surface area contributed by atoms with Crippen LogP contribution in [0.4, 0.5) is 5.69 Å². The highest BCUT2D eigenvalue weighted by molar-refractivity contribution is 14.1. The number of ether oxygens (including phenoxy) is 1. The molecule has 104 valence electrons. The van der Waals surface area contributed by atoms with Crippen LogP contribution in [-0.4, -0.2) is 5.60 Å². The fourth-order valence-electron chi connectivity index (χ4n) is 2.70. The second-order valence-corrected chi connectivity index (χ2v) is 6.94. The first-order valence-corrected chi connectivity index (χ1v) is 7.92. The number of hydrogen-bond acceptors (Lipinski definition) is 2. The van der Waals surface area contributed by atoms with Crippen molar-refractivity contribution in [3.05, 3.63) is 57.7 Å². The van der Waals surface area contributed by atoms with Crippen LogP contribution in [0.1, 0.15) is 31.9 Å². The number of hydrogen-bond donors (Lipinski definition) is 1. The highest BCUT2D eigenvalue weighted by Gasteiger charge is 2.33. The number of benzene rings is 2. The van der Waals surface area contributed by atoms with Crippen LogP contribution >= 0.6 is 22.6 Å². The lowest BCUT2D eigenvalue weighted by Crippen LogP contribution is -2.37. The van der Waals surface area contributed by atoms with E-state index in [1.807, 2.05) is 6.07 Å². The van der Waals surface area contributed by atoms with Crippen molar-refractivity contribution < 1.29 is 4.74 Å². The molecule has 0 saturated heterocycles. The van der Waals surface area contributed by atoms with Crippen LogP contribution in [0.3, 0.4) is 0 Å². The van der Waals surface area contributed by atoms with Gasteiger partial charge in [-0.3, -0.25) is 0 Å². The van der Waals surface area contributed by atoms with E-state index < -0.39 is 0 Å². The molecule has 0 spiro atoms. The molecule has 0 saturated carbocycles. The fourth-order valence-corrected chi connectivity index (χ4v) is 3.24. The third-order valence-corrected chi connectivity index (χ3v) is 4.52. The molecule has 0 radical (unpaired) electrons. The first kappa shape index (κ1) is 13.7. The molecule has 3 rings (SSSR count). The quantitative estimate of drug-likeness (QED) is 0.741. The van der Waals surface area contributed by atoms with Gasteiger partial charge in [0.1, 0.15) is 11.4 Å². The largest absolute Gasteiger partial charge is 0.487 e. The van der Waals surface area contributed by atoms with Crippen molar-refractivity contribution in [1.82, 2.24) is 0 Å². The lowest BCUT2D eigenvalue weighted by atomic mass is 9.89. The molecule has 20 heavy (non-hydrogen) atoms. The Bertz CT molecular complexity index is 624. The second-order valence-electron chi connectivity index (χ2n) is 5.78. The van der Waals surface area contributed by atoms with Crippen LogP contribution in [0.2, 0.25) is 0 Å². The Labute approximate surface area is 133 Å². The number of rotatable bonds is 2. The Morgan fingerprint density at radius 2 is 1.80 bits per heavy atom. The van der Waals surface area contributed by atoms with E-state index in [0.717, 1.165) is 12.2 Å². The lowest BCUT2D eigenvalue weighted by Gasteiger charge is -2.38. The Kier molecular flexibility index (Phi) is 3.63. The van der Waals surface area contributed by atoms with Gasteiger partial charge in [-0.2, -0.15) is 0 Å². The van der Waals surface area contributed by atoms with Crippen LogP contribution in [0.25, 0.3) is 0 Å². The SMILES string of the molecule is CC1(C)CC(Nc2ccccc2I)c2ccccc2O1. The summed E-state index contributed by atoms with van der Waals surface area (Å²) < 4.78 is 7.32. The van der Waals surface area contributed by atoms with Crippen LogP contribution in [-0.2, 0) is 0 Å². The number of halogens is 1. The first-order valence-electron chi connectivity index (χ1n) is 6.84.